The lowest BCUT2D eigenvalue weighted by atomic mass is 10.1. The quantitative estimate of drug-likeness (QED) is 0.870. The SMILES string of the molecule is CC(CN)N(C)C(=O)c1cc(F)c(F)cc1Br. The highest BCUT2D eigenvalue weighted by molar-refractivity contribution is 9.10. The Bertz CT molecular complexity index is 440. The molecule has 2 N–H and O–H groups in total. The molecule has 1 amide bonds. The molecule has 1 aromatic carbocycles. The van der Waals surface area contributed by atoms with Gasteiger partial charge in [-0.3, -0.25) is 4.79 Å². The zero-order valence-electron chi connectivity index (χ0n) is 9.51. The van der Waals surface area contributed by atoms with Gasteiger partial charge in [0, 0.05) is 24.1 Å². The minimum Gasteiger partial charge on any atom is -0.338 e. The Hall–Kier alpha value is -1.01. The van der Waals surface area contributed by atoms with Gasteiger partial charge in [0.15, 0.2) is 11.6 Å². The molecule has 0 aliphatic carbocycles. The van der Waals surface area contributed by atoms with Gasteiger partial charge in [-0.15, -0.1) is 0 Å². The Morgan fingerprint density at radius 2 is 2.00 bits per heavy atom. The first-order chi connectivity index (χ1) is 7.88. The summed E-state index contributed by atoms with van der Waals surface area (Å²) in [4.78, 5) is 13.4. The van der Waals surface area contributed by atoms with Crippen molar-refractivity contribution in [2.24, 2.45) is 5.73 Å². The number of carbonyl (C=O) groups excluding carboxylic acids is 1. The van der Waals surface area contributed by atoms with Gasteiger partial charge in [-0.2, -0.15) is 0 Å². The van der Waals surface area contributed by atoms with E-state index in [4.69, 9.17) is 5.73 Å². The predicted octanol–water partition coefficient (Wildman–Crippen LogP) is 2.15. The molecule has 1 atom stereocenters. The van der Waals surface area contributed by atoms with Crippen molar-refractivity contribution < 1.29 is 13.6 Å². The fourth-order valence-electron chi connectivity index (χ4n) is 1.23. The Labute approximate surface area is 107 Å². The van der Waals surface area contributed by atoms with E-state index in [1.165, 1.54) is 4.90 Å². The summed E-state index contributed by atoms with van der Waals surface area (Å²) in [5.41, 5.74) is 5.52. The van der Waals surface area contributed by atoms with Crippen LogP contribution in [0.2, 0.25) is 0 Å². The molecule has 1 aromatic rings. The normalized spacial score (nSPS) is 12.4. The highest BCUT2D eigenvalue weighted by atomic mass is 79.9. The van der Waals surface area contributed by atoms with Crippen LogP contribution >= 0.6 is 15.9 Å². The third-order valence-corrected chi connectivity index (χ3v) is 3.22. The largest absolute Gasteiger partial charge is 0.338 e. The lowest BCUT2D eigenvalue weighted by Gasteiger charge is -2.24. The summed E-state index contributed by atoms with van der Waals surface area (Å²) in [5, 5.41) is 0. The fraction of sp³-hybridized carbons (Fsp3) is 0.364. The first-order valence-corrected chi connectivity index (χ1v) is 5.79. The number of hydrogen-bond donors (Lipinski definition) is 1. The van der Waals surface area contributed by atoms with E-state index in [2.05, 4.69) is 15.9 Å². The number of carbonyl (C=O) groups is 1. The Morgan fingerprint density at radius 3 is 2.53 bits per heavy atom. The van der Waals surface area contributed by atoms with Gasteiger partial charge in [0.25, 0.3) is 5.91 Å². The van der Waals surface area contributed by atoms with Crippen molar-refractivity contribution in [3.8, 4) is 0 Å². The minimum absolute atomic E-state index is 0.0756. The molecule has 3 nitrogen and oxygen atoms in total. The molecular formula is C11H13BrF2N2O. The van der Waals surface area contributed by atoms with E-state index >= 15 is 0 Å². The molecule has 6 heteroatoms. The number of rotatable bonds is 3. The molecule has 0 saturated heterocycles. The van der Waals surface area contributed by atoms with Crippen LogP contribution in [0.3, 0.4) is 0 Å². The number of halogens is 3. The van der Waals surface area contributed by atoms with Gasteiger partial charge < -0.3 is 10.6 Å². The molecule has 0 heterocycles. The average molecular weight is 307 g/mol. The lowest BCUT2D eigenvalue weighted by Crippen LogP contribution is -2.39. The molecule has 0 saturated carbocycles. The summed E-state index contributed by atoms with van der Waals surface area (Å²) < 4.78 is 26.2. The molecular weight excluding hydrogens is 294 g/mol. The molecule has 1 rings (SSSR count). The number of hydrogen-bond acceptors (Lipinski definition) is 2. The van der Waals surface area contributed by atoms with Gasteiger partial charge >= 0.3 is 0 Å². The Balaban J connectivity index is 3.08. The first kappa shape index (κ1) is 14.1. The maximum absolute atomic E-state index is 13.1. The second-order valence-electron chi connectivity index (χ2n) is 3.75. The molecule has 0 aliphatic rings. The van der Waals surface area contributed by atoms with E-state index in [9.17, 15) is 13.6 Å². The van der Waals surface area contributed by atoms with Gasteiger partial charge in [-0.1, -0.05) is 0 Å². The zero-order valence-corrected chi connectivity index (χ0v) is 11.1. The van der Waals surface area contributed by atoms with Gasteiger partial charge in [-0.25, -0.2) is 8.78 Å². The average Bonchev–Trinajstić information content (AvgIpc) is 2.31. The van der Waals surface area contributed by atoms with E-state index in [1.807, 2.05) is 0 Å². The second kappa shape index (κ2) is 5.55. The molecule has 0 spiro atoms. The van der Waals surface area contributed by atoms with Crippen LogP contribution in [0, 0.1) is 11.6 Å². The van der Waals surface area contributed by atoms with Crippen LogP contribution in [-0.4, -0.2) is 30.4 Å². The summed E-state index contributed by atoms with van der Waals surface area (Å²) >= 11 is 3.04. The zero-order chi connectivity index (χ0) is 13.2. The number of benzene rings is 1. The molecule has 1 unspecified atom stereocenters. The summed E-state index contributed by atoms with van der Waals surface area (Å²) in [6.07, 6.45) is 0. The topological polar surface area (TPSA) is 46.3 Å². The molecule has 0 bridgehead atoms. The maximum atomic E-state index is 13.1. The van der Waals surface area contributed by atoms with Crippen LogP contribution in [0.15, 0.2) is 16.6 Å². The first-order valence-electron chi connectivity index (χ1n) is 5.00. The summed E-state index contributed by atoms with van der Waals surface area (Å²) in [6, 6.07) is 1.63. The van der Waals surface area contributed by atoms with Gasteiger partial charge in [0.2, 0.25) is 0 Å². The van der Waals surface area contributed by atoms with Crippen LogP contribution in [0.4, 0.5) is 8.78 Å². The predicted molar refractivity (Wildman–Crippen MR) is 64.7 cm³/mol. The van der Waals surface area contributed by atoms with Crippen molar-refractivity contribution in [2.45, 2.75) is 13.0 Å². The molecule has 0 aromatic heterocycles. The molecule has 0 fully saturated rings. The van der Waals surface area contributed by atoms with Crippen LogP contribution in [-0.2, 0) is 0 Å². The van der Waals surface area contributed by atoms with Crippen molar-refractivity contribution in [3.05, 3.63) is 33.8 Å². The number of likely N-dealkylation sites (N-methyl/N-ethyl adjacent to an activating group) is 1. The van der Waals surface area contributed by atoms with Crippen LogP contribution in [0.1, 0.15) is 17.3 Å². The molecule has 17 heavy (non-hydrogen) atoms. The summed E-state index contributed by atoms with van der Waals surface area (Å²) in [6.45, 7) is 2.06. The Kier molecular flexibility index (Phi) is 4.59. The van der Waals surface area contributed by atoms with Gasteiger partial charge in [0.05, 0.1) is 5.56 Å². The highest BCUT2D eigenvalue weighted by Gasteiger charge is 2.20. The van der Waals surface area contributed by atoms with Crippen molar-refractivity contribution in [1.29, 1.82) is 0 Å². The highest BCUT2D eigenvalue weighted by Crippen LogP contribution is 2.22. The van der Waals surface area contributed by atoms with E-state index in [-0.39, 0.29) is 16.1 Å². The van der Waals surface area contributed by atoms with Crippen LogP contribution < -0.4 is 5.73 Å². The number of amides is 1. The summed E-state index contributed by atoms with van der Waals surface area (Å²) in [5.74, 6) is -2.46. The van der Waals surface area contributed by atoms with Crippen LogP contribution in [0.5, 0.6) is 0 Å². The lowest BCUT2D eigenvalue weighted by molar-refractivity contribution is 0.0747. The van der Waals surface area contributed by atoms with Crippen LogP contribution in [0.25, 0.3) is 0 Å². The van der Waals surface area contributed by atoms with E-state index in [0.29, 0.717) is 6.54 Å². The fourth-order valence-corrected chi connectivity index (χ4v) is 1.72. The number of nitrogens with two attached hydrogens (primary N) is 1. The standard InChI is InChI=1S/C11H13BrF2N2O/c1-6(5-15)16(2)11(17)7-3-9(13)10(14)4-8(7)12/h3-4,6H,5,15H2,1-2H3. The van der Waals surface area contributed by atoms with Crippen molar-refractivity contribution in [1.82, 2.24) is 4.90 Å². The summed E-state index contributed by atoms with van der Waals surface area (Å²) in [7, 11) is 1.56. The van der Waals surface area contributed by atoms with Crippen molar-refractivity contribution in [2.75, 3.05) is 13.6 Å². The third kappa shape index (κ3) is 3.01. The van der Waals surface area contributed by atoms with E-state index < -0.39 is 17.5 Å². The smallest absolute Gasteiger partial charge is 0.255 e. The minimum atomic E-state index is -1.05. The second-order valence-corrected chi connectivity index (χ2v) is 4.60. The van der Waals surface area contributed by atoms with E-state index in [0.717, 1.165) is 12.1 Å². The van der Waals surface area contributed by atoms with Crippen molar-refractivity contribution in [3.63, 3.8) is 0 Å². The molecule has 0 aliphatic heterocycles. The van der Waals surface area contributed by atoms with Gasteiger partial charge in [-0.05, 0) is 35.0 Å². The monoisotopic (exact) mass is 306 g/mol. The van der Waals surface area contributed by atoms with E-state index in [1.54, 1.807) is 14.0 Å². The number of nitrogens with zero attached hydrogens (tertiary/aromatic N) is 1. The Morgan fingerprint density at radius 1 is 1.47 bits per heavy atom. The third-order valence-electron chi connectivity index (χ3n) is 2.56. The van der Waals surface area contributed by atoms with Gasteiger partial charge in [0.1, 0.15) is 0 Å². The van der Waals surface area contributed by atoms with Crippen molar-refractivity contribution >= 4 is 21.8 Å². The molecule has 0 radical (unpaired) electrons. The maximum Gasteiger partial charge on any atom is 0.255 e. The molecule has 94 valence electrons.